The fourth-order valence-electron chi connectivity index (χ4n) is 1.95. The zero-order valence-corrected chi connectivity index (χ0v) is 10.4. The third kappa shape index (κ3) is 1.47. The largest absolute Gasteiger partial charge is 0.464 e. The molecule has 18 heavy (non-hydrogen) atoms. The Hall–Kier alpha value is -2.32. The van der Waals surface area contributed by atoms with Gasteiger partial charge in [0.2, 0.25) is 0 Å². The summed E-state index contributed by atoms with van der Waals surface area (Å²) in [5.74, 6) is 0.736. The van der Waals surface area contributed by atoms with Crippen LogP contribution in [-0.2, 0) is 0 Å². The summed E-state index contributed by atoms with van der Waals surface area (Å²) in [6, 6.07) is 7.72. The van der Waals surface area contributed by atoms with Gasteiger partial charge >= 0.3 is 0 Å². The number of anilines is 1. The van der Waals surface area contributed by atoms with Gasteiger partial charge in [-0.3, -0.25) is 0 Å². The van der Waals surface area contributed by atoms with Crippen LogP contribution in [0.15, 0.2) is 28.9 Å². The van der Waals surface area contributed by atoms with Crippen LogP contribution in [-0.4, -0.2) is 4.98 Å². The molecular formula is C13H9N3OS. The lowest BCUT2D eigenvalue weighted by molar-refractivity contribution is 0.583. The maximum Gasteiger partial charge on any atom is 0.134 e. The fourth-order valence-corrected chi connectivity index (χ4v) is 2.92. The van der Waals surface area contributed by atoms with Gasteiger partial charge in [-0.05, 0) is 25.1 Å². The zero-order chi connectivity index (χ0) is 12.7. The standard InChI is InChI=1S/C13H9N3OS/c1-7-5-8(9-3-2-4-17-9)11-12(15)10(6-14)18-13(11)16-7/h2-5H,15H2,1H3. The molecular weight excluding hydrogens is 246 g/mol. The smallest absolute Gasteiger partial charge is 0.134 e. The van der Waals surface area contributed by atoms with Crippen molar-refractivity contribution in [3.63, 3.8) is 0 Å². The Bertz CT molecular complexity index is 766. The highest BCUT2D eigenvalue weighted by Gasteiger charge is 2.17. The monoisotopic (exact) mass is 255 g/mol. The molecule has 0 atom stereocenters. The van der Waals surface area contributed by atoms with E-state index in [2.05, 4.69) is 11.1 Å². The van der Waals surface area contributed by atoms with E-state index in [0.29, 0.717) is 10.6 Å². The highest BCUT2D eigenvalue weighted by molar-refractivity contribution is 7.20. The van der Waals surface area contributed by atoms with Crippen molar-refractivity contribution in [2.45, 2.75) is 6.92 Å². The van der Waals surface area contributed by atoms with E-state index in [1.54, 1.807) is 6.26 Å². The molecule has 0 radical (unpaired) electrons. The summed E-state index contributed by atoms with van der Waals surface area (Å²) in [6.45, 7) is 1.91. The Balaban J connectivity index is 2.44. The Morgan fingerprint density at radius 1 is 1.50 bits per heavy atom. The Kier molecular flexibility index (Phi) is 2.32. The number of nitrogen functional groups attached to an aromatic ring is 1. The van der Waals surface area contributed by atoms with Crippen molar-refractivity contribution in [1.82, 2.24) is 4.98 Å². The van der Waals surface area contributed by atoms with E-state index in [1.165, 1.54) is 11.3 Å². The van der Waals surface area contributed by atoms with E-state index in [0.717, 1.165) is 27.2 Å². The van der Waals surface area contributed by atoms with Crippen molar-refractivity contribution >= 4 is 27.2 Å². The number of rotatable bonds is 1. The number of hydrogen-bond donors (Lipinski definition) is 1. The number of hydrogen-bond acceptors (Lipinski definition) is 5. The third-order valence-corrected chi connectivity index (χ3v) is 3.72. The molecule has 5 heteroatoms. The predicted octanol–water partition coefficient (Wildman–Crippen LogP) is 3.32. The molecule has 0 aliphatic rings. The van der Waals surface area contributed by atoms with Crippen molar-refractivity contribution in [3.8, 4) is 17.4 Å². The van der Waals surface area contributed by atoms with Gasteiger partial charge in [0.05, 0.1) is 12.0 Å². The number of nitriles is 1. The quantitative estimate of drug-likeness (QED) is 0.723. The first-order valence-electron chi connectivity index (χ1n) is 5.34. The van der Waals surface area contributed by atoms with Gasteiger partial charge in [0, 0.05) is 16.6 Å². The van der Waals surface area contributed by atoms with E-state index in [1.807, 2.05) is 25.1 Å². The predicted molar refractivity (Wildman–Crippen MR) is 71.2 cm³/mol. The van der Waals surface area contributed by atoms with Crippen LogP contribution in [0.25, 0.3) is 21.5 Å². The molecule has 0 aliphatic heterocycles. The highest BCUT2D eigenvalue weighted by atomic mass is 32.1. The van der Waals surface area contributed by atoms with Gasteiger partial charge in [0.1, 0.15) is 21.5 Å². The second kappa shape index (κ2) is 3.86. The van der Waals surface area contributed by atoms with E-state index < -0.39 is 0 Å². The minimum absolute atomic E-state index is 0.483. The van der Waals surface area contributed by atoms with E-state index in [9.17, 15) is 0 Å². The normalized spacial score (nSPS) is 10.7. The van der Waals surface area contributed by atoms with Crippen molar-refractivity contribution in [3.05, 3.63) is 35.0 Å². The molecule has 4 nitrogen and oxygen atoms in total. The molecule has 0 spiro atoms. The molecule has 2 N–H and O–H groups in total. The van der Waals surface area contributed by atoms with Gasteiger partial charge in [-0.25, -0.2) is 4.98 Å². The van der Waals surface area contributed by atoms with Crippen molar-refractivity contribution < 1.29 is 4.42 Å². The van der Waals surface area contributed by atoms with E-state index in [-0.39, 0.29) is 0 Å². The molecule has 3 aromatic heterocycles. The topological polar surface area (TPSA) is 75.8 Å². The third-order valence-electron chi connectivity index (χ3n) is 2.72. The molecule has 0 saturated carbocycles. The summed E-state index contributed by atoms with van der Waals surface area (Å²) < 4.78 is 5.42. The number of aromatic nitrogens is 1. The van der Waals surface area contributed by atoms with Gasteiger partial charge in [-0.1, -0.05) is 0 Å². The van der Waals surface area contributed by atoms with Crippen LogP contribution >= 0.6 is 11.3 Å². The minimum atomic E-state index is 0.483. The first-order valence-corrected chi connectivity index (χ1v) is 6.16. The number of aryl methyl sites for hydroxylation is 1. The van der Waals surface area contributed by atoms with Crippen molar-refractivity contribution in [1.29, 1.82) is 5.26 Å². The average molecular weight is 255 g/mol. The lowest BCUT2D eigenvalue weighted by Gasteiger charge is -2.02. The molecule has 3 rings (SSSR count). The number of pyridine rings is 1. The first kappa shape index (κ1) is 10.8. The SMILES string of the molecule is Cc1cc(-c2ccco2)c2c(N)c(C#N)sc2n1. The maximum absolute atomic E-state index is 9.04. The number of furan rings is 1. The van der Waals surface area contributed by atoms with E-state index in [4.69, 9.17) is 15.4 Å². The van der Waals surface area contributed by atoms with Crippen molar-refractivity contribution in [2.24, 2.45) is 0 Å². The average Bonchev–Trinajstić information content (AvgIpc) is 2.96. The molecule has 0 saturated heterocycles. The van der Waals surface area contributed by atoms with Crippen molar-refractivity contribution in [2.75, 3.05) is 5.73 Å². The number of nitrogens with two attached hydrogens (primary N) is 1. The van der Waals surface area contributed by atoms with Gasteiger partial charge in [0.25, 0.3) is 0 Å². The number of nitrogens with zero attached hydrogens (tertiary/aromatic N) is 2. The van der Waals surface area contributed by atoms with Crippen LogP contribution in [0.5, 0.6) is 0 Å². The second-order valence-corrected chi connectivity index (χ2v) is 4.92. The van der Waals surface area contributed by atoms with Gasteiger partial charge in [-0.2, -0.15) is 5.26 Å². The number of thiophene rings is 1. The van der Waals surface area contributed by atoms with Crippen LogP contribution in [0.3, 0.4) is 0 Å². The summed E-state index contributed by atoms with van der Waals surface area (Å²) >= 11 is 1.31. The maximum atomic E-state index is 9.04. The molecule has 0 fully saturated rings. The molecule has 0 amide bonds. The van der Waals surface area contributed by atoms with E-state index >= 15 is 0 Å². The summed E-state index contributed by atoms with van der Waals surface area (Å²) in [6.07, 6.45) is 1.62. The molecule has 0 aliphatic carbocycles. The zero-order valence-electron chi connectivity index (χ0n) is 9.60. The lowest BCUT2D eigenvalue weighted by Crippen LogP contribution is -1.89. The highest BCUT2D eigenvalue weighted by Crippen LogP contribution is 2.39. The molecule has 3 heterocycles. The van der Waals surface area contributed by atoms with Gasteiger partial charge in [-0.15, -0.1) is 11.3 Å². The lowest BCUT2D eigenvalue weighted by atomic mass is 10.1. The molecule has 0 aromatic carbocycles. The van der Waals surface area contributed by atoms with Gasteiger partial charge in [0.15, 0.2) is 0 Å². The van der Waals surface area contributed by atoms with Crippen LogP contribution in [0.2, 0.25) is 0 Å². The Morgan fingerprint density at radius 3 is 3.00 bits per heavy atom. The summed E-state index contributed by atoms with van der Waals surface area (Å²) in [5.41, 5.74) is 8.26. The van der Waals surface area contributed by atoms with Crippen LogP contribution in [0, 0.1) is 18.3 Å². The Morgan fingerprint density at radius 2 is 2.33 bits per heavy atom. The minimum Gasteiger partial charge on any atom is -0.464 e. The summed E-state index contributed by atoms with van der Waals surface area (Å²) in [5, 5.41) is 9.84. The summed E-state index contributed by atoms with van der Waals surface area (Å²) in [7, 11) is 0. The van der Waals surface area contributed by atoms with Crippen LogP contribution < -0.4 is 5.73 Å². The fraction of sp³-hybridized carbons (Fsp3) is 0.0769. The summed E-state index contributed by atoms with van der Waals surface area (Å²) in [4.78, 5) is 5.69. The van der Waals surface area contributed by atoms with Crippen LogP contribution in [0.1, 0.15) is 10.6 Å². The van der Waals surface area contributed by atoms with Crippen LogP contribution in [0.4, 0.5) is 5.69 Å². The number of fused-ring (bicyclic) bond motifs is 1. The molecule has 0 unspecified atom stereocenters. The molecule has 88 valence electrons. The molecule has 0 bridgehead atoms. The molecule has 3 aromatic rings. The van der Waals surface area contributed by atoms with Gasteiger partial charge < -0.3 is 10.2 Å². The first-order chi connectivity index (χ1) is 8.70. The second-order valence-electron chi connectivity index (χ2n) is 3.93. The Labute approximate surface area is 107 Å².